The van der Waals surface area contributed by atoms with Gasteiger partial charge in [-0.05, 0) is 18.6 Å². The quantitative estimate of drug-likeness (QED) is 0.455. The minimum absolute atomic E-state index is 0.0384. The number of hydrazone groups is 1. The van der Waals surface area contributed by atoms with Gasteiger partial charge < -0.3 is 5.11 Å². The second-order valence-electron chi connectivity index (χ2n) is 3.17. The molecule has 80 valence electrons. The van der Waals surface area contributed by atoms with Crippen LogP contribution in [0, 0.1) is 0 Å². The molecule has 1 N–H and O–H groups in total. The lowest BCUT2D eigenvalue weighted by Gasteiger charge is -2.16. The number of hydrogen-bond acceptors (Lipinski definition) is 3. The molecule has 0 radical (unpaired) electrons. The van der Waals surface area contributed by atoms with Crippen LogP contribution in [0.3, 0.4) is 0 Å². The van der Waals surface area contributed by atoms with Crippen LogP contribution >= 0.6 is 0 Å². The number of aliphatic hydroxyl groups excluding tert-OH is 1. The summed E-state index contributed by atoms with van der Waals surface area (Å²) in [6.07, 6.45) is 2.57. The summed E-state index contributed by atoms with van der Waals surface area (Å²) in [5.41, 5.74) is 1.08. The van der Waals surface area contributed by atoms with Crippen molar-refractivity contribution in [1.82, 2.24) is 5.01 Å². The number of nitrogens with zero attached hydrogens (tertiary/aromatic N) is 2. The van der Waals surface area contributed by atoms with Gasteiger partial charge in [0, 0.05) is 6.21 Å². The van der Waals surface area contributed by atoms with Crippen molar-refractivity contribution in [2.45, 2.75) is 19.9 Å². The molecule has 0 spiro atoms. The summed E-state index contributed by atoms with van der Waals surface area (Å²) in [6.45, 7) is 6.00. The van der Waals surface area contributed by atoms with E-state index < -0.39 is 0 Å². The number of benzene rings is 1. The molecule has 3 heteroatoms. The van der Waals surface area contributed by atoms with E-state index in [0.717, 1.165) is 12.0 Å². The maximum atomic E-state index is 9.32. The zero-order valence-electron chi connectivity index (χ0n) is 8.93. The van der Waals surface area contributed by atoms with E-state index >= 15 is 0 Å². The van der Waals surface area contributed by atoms with Crippen molar-refractivity contribution in [3.8, 4) is 0 Å². The molecule has 0 aromatic heterocycles. The molecule has 0 aliphatic carbocycles. The highest BCUT2D eigenvalue weighted by Gasteiger charge is 2.03. The van der Waals surface area contributed by atoms with Crippen molar-refractivity contribution in [1.29, 1.82) is 0 Å². The van der Waals surface area contributed by atoms with Gasteiger partial charge in [-0.15, -0.1) is 0 Å². The fraction of sp³-hybridized carbons (Fsp3) is 0.250. The zero-order valence-corrected chi connectivity index (χ0v) is 8.93. The van der Waals surface area contributed by atoms with Gasteiger partial charge in [-0.1, -0.05) is 37.3 Å². The Labute approximate surface area is 90.4 Å². The van der Waals surface area contributed by atoms with Crippen molar-refractivity contribution in [2.24, 2.45) is 5.10 Å². The first-order valence-corrected chi connectivity index (χ1v) is 4.95. The Morgan fingerprint density at radius 2 is 2.13 bits per heavy atom. The predicted molar refractivity (Wildman–Crippen MR) is 62.5 cm³/mol. The molecule has 0 amide bonds. The first-order chi connectivity index (χ1) is 7.24. The molecule has 0 atom stereocenters. The Bertz CT molecular complexity index is 333. The van der Waals surface area contributed by atoms with Crippen molar-refractivity contribution in [3.05, 3.63) is 48.4 Å². The van der Waals surface area contributed by atoms with Crippen LogP contribution in [0.25, 0.3) is 0 Å². The van der Waals surface area contributed by atoms with Crippen molar-refractivity contribution in [3.63, 3.8) is 0 Å². The Morgan fingerprint density at radius 3 is 2.67 bits per heavy atom. The minimum Gasteiger partial charge on any atom is -0.494 e. The number of aliphatic hydroxyl groups is 1. The van der Waals surface area contributed by atoms with Crippen LogP contribution in [0.5, 0.6) is 0 Å². The van der Waals surface area contributed by atoms with Crippen molar-refractivity contribution in [2.75, 3.05) is 0 Å². The molecule has 0 saturated carbocycles. The summed E-state index contributed by atoms with van der Waals surface area (Å²) in [4.78, 5) is 0. The van der Waals surface area contributed by atoms with E-state index in [9.17, 15) is 5.11 Å². The van der Waals surface area contributed by atoms with Gasteiger partial charge >= 0.3 is 0 Å². The van der Waals surface area contributed by atoms with E-state index in [1.807, 2.05) is 37.3 Å². The van der Waals surface area contributed by atoms with Gasteiger partial charge in [0.2, 0.25) is 0 Å². The minimum atomic E-state index is -0.0384. The van der Waals surface area contributed by atoms with E-state index in [0.29, 0.717) is 6.54 Å². The van der Waals surface area contributed by atoms with E-state index in [1.54, 1.807) is 6.21 Å². The first-order valence-electron chi connectivity index (χ1n) is 4.95. The maximum absolute atomic E-state index is 9.32. The maximum Gasteiger partial charge on any atom is 0.200 e. The van der Waals surface area contributed by atoms with Gasteiger partial charge in [-0.2, -0.15) is 5.10 Å². The summed E-state index contributed by atoms with van der Waals surface area (Å²) in [6, 6.07) is 9.83. The molecular weight excluding hydrogens is 188 g/mol. The zero-order chi connectivity index (χ0) is 11.1. The standard InChI is InChI=1S/C12H16N2O/c1-3-9-13-14(11(2)15)10-12-7-5-4-6-8-12/h4-9,15H,2-3,10H2,1H3/b13-9-. The Hall–Kier alpha value is -1.77. The Balaban J connectivity index is 2.67. The average molecular weight is 204 g/mol. The summed E-state index contributed by atoms with van der Waals surface area (Å²) >= 11 is 0. The molecule has 0 unspecified atom stereocenters. The predicted octanol–water partition coefficient (Wildman–Crippen LogP) is 2.91. The molecule has 0 heterocycles. The molecule has 0 saturated heterocycles. The number of rotatable bonds is 5. The lowest BCUT2D eigenvalue weighted by Crippen LogP contribution is -2.15. The van der Waals surface area contributed by atoms with Crippen molar-refractivity contribution >= 4 is 6.21 Å². The van der Waals surface area contributed by atoms with Crippen molar-refractivity contribution < 1.29 is 5.11 Å². The Kier molecular flexibility index (Phi) is 4.41. The second kappa shape index (κ2) is 5.86. The van der Waals surface area contributed by atoms with E-state index in [-0.39, 0.29) is 5.88 Å². The highest BCUT2D eigenvalue weighted by Crippen LogP contribution is 2.08. The normalized spacial score (nSPS) is 10.5. The van der Waals surface area contributed by atoms with Gasteiger partial charge in [0.25, 0.3) is 0 Å². The van der Waals surface area contributed by atoms with Gasteiger partial charge in [-0.3, -0.25) is 0 Å². The highest BCUT2D eigenvalue weighted by molar-refractivity contribution is 5.56. The lowest BCUT2D eigenvalue weighted by atomic mass is 10.2. The van der Waals surface area contributed by atoms with Crippen LogP contribution < -0.4 is 0 Å². The monoisotopic (exact) mass is 204 g/mol. The second-order valence-corrected chi connectivity index (χ2v) is 3.17. The molecule has 0 aliphatic rings. The van der Waals surface area contributed by atoms with Gasteiger partial charge in [0.1, 0.15) is 0 Å². The molecule has 1 rings (SSSR count). The largest absolute Gasteiger partial charge is 0.494 e. The summed E-state index contributed by atoms with van der Waals surface area (Å²) in [7, 11) is 0. The molecular formula is C12H16N2O. The third-order valence-corrected chi connectivity index (χ3v) is 1.88. The summed E-state index contributed by atoms with van der Waals surface area (Å²) in [5.74, 6) is -0.0384. The van der Waals surface area contributed by atoms with E-state index in [4.69, 9.17) is 0 Å². The summed E-state index contributed by atoms with van der Waals surface area (Å²) < 4.78 is 0. The molecule has 0 fully saturated rings. The molecule has 3 nitrogen and oxygen atoms in total. The van der Waals surface area contributed by atoms with Crippen LogP contribution in [-0.4, -0.2) is 16.3 Å². The molecule has 1 aromatic rings. The van der Waals surface area contributed by atoms with Crippen LogP contribution in [0.4, 0.5) is 0 Å². The van der Waals surface area contributed by atoms with Crippen LogP contribution in [0.2, 0.25) is 0 Å². The van der Waals surface area contributed by atoms with E-state index in [1.165, 1.54) is 5.01 Å². The highest BCUT2D eigenvalue weighted by atomic mass is 16.3. The van der Waals surface area contributed by atoms with Crippen LogP contribution in [0.1, 0.15) is 18.9 Å². The molecule has 0 aliphatic heterocycles. The molecule has 15 heavy (non-hydrogen) atoms. The fourth-order valence-corrected chi connectivity index (χ4v) is 1.14. The average Bonchev–Trinajstić information content (AvgIpc) is 2.25. The topological polar surface area (TPSA) is 35.8 Å². The lowest BCUT2D eigenvalue weighted by molar-refractivity contribution is 0.203. The third kappa shape index (κ3) is 3.85. The summed E-state index contributed by atoms with van der Waals surface area (Å²) in [5, 5.41) is 14.9. The Morgan fingerprint density at radius 1 is 1.47 bits per heavy atom. The number of hydrogen-bond donors (Lipinski definition) is 1. The van der Waals surface area contributed by atoms with Gasteiger partial charge in [-0.25, -0.2) is 5.01 Å². The van der Waals surface area contributed by atoms with Gasteiger partial charge in [0.15, 0.2) is 5.88 Å². The SMILES string of the molecule is C=C(O)N(Cc1ccccc1)/N=C\CC. The van der Waals surface area contributed by atoms with Crippen LogP contribution in [0.15, 0.2) is 47.9 Å². The van der Waals surface area contributed by atoms with Gasteiger partial charge in [0.05, 0.1) is 6.54 Å². The first kappa shape index (κ1) is 11.3. The molecule has 0 bridgehead atoms. The third-order valence-electron chi connectivity index (χ3n) is 1.88. The van der Waals surface area contributed by atoms with Crippen LogP contribution in [-0.2, 0) is 6.54 Å². The smallest absolute Gasteiger partial charge is 0.200 e. The fourth-order valence-electron chi connectivity index (χ4n) is 1.14. The van der Waals surface area contributed by atoms with E-state index in [2.05, 4.69) is 11.7 Å². The molecule has 1 aromatic carbocycles.